The summed E-state index contributed by atoms with van der Waals surface area (Å²) in [6.45, 7) is 5.46. The molecular formula is C20H32N6O5. The van der Waals surface area contributed by atoms with Crippen molar-refractivity contribution in [3.05, 3.63) is 18.2 Å². The summed E-state index contributed by atoms with van der Waals surface area (Å²) in [5, 5.41) is 6.89. The average molecular weight is 437 g/mol. The van der Waals surface area contributed by atoms with Crippen molar-refractivity contribution in [2.75, 3.05) is 45.9 Å². The van der Waals surface area contributed by atoms with Crippen LogP contribution in [-0.4, -0.2) is 99.7 Å². The number of ether oxygens (including phenoxy) is 1. The fraction of sp³-hybridized carbons (Fsp3) is 0.700. The summed E-state index contributed by atoms with van der Waals surface area (Å²) in [4.78, 5) is 46.1. The minimum atomic E-state index is -0.430. The van der Waals surface area contributed by atoms with Gasteiger partial charge in [-0.15, -0.1) is 0 Å². The molecule has 1 unspecified atom stereocenters. The Hall–Kier alpha value is -2.66. The Morgan fingerprint density at radius 2 is 2.03 bits per heavy atom. The van der Waals surface area contributed by atoms with Gasteiger partial charge in [0.1, 0.15) is 0 Å². The number of nitrogens with one attached hydrogen (secondary N) is 1. The van der Waals surface area contributed by atoms with E-state index in [1.165, 1.54) is 0 Å². The number of primary amides is 1. The van der Waals surface area contributed by atoms with Crippen LogP contribution in [0.3, 0.4) is 0 Å². The van der Waals surface area contributed by atoms with E-state index in [0.29, 0.717) is 32.8 Å². The number of amides is 3. The van der Waals surface area contributed by atoms with Crippen molar-refractivity contribution in [2.24, 2.45) is 11.7 Å². The quantitative estimate of drug-likeness (QED) is 0.570. The van der Waals surface area contributed by atoms with Crippen LogP contribution in [0.2, 0.25) is 0 Å². The molecular weight excluding hydrogens is 404 g/mol. The van der Waals surface area contributed by atoms with Crippen molar-refractivity contribution in [3.8, 4) is 0 Å². The molecule has 0 radical (unpaired) electrons. The van der Waals surface area contributed by atoms with E-state index in [2.05, 4.69) is 14.9 Å². The average Bonchev–Trinajstić information content (AvgIpc) is 3.29. The van der Waals surface area contributed by atoms with E-state index in [4.69, 9.17) is 20.4 Å². The number of rotatable bonds is 3. The fourth-order valence-corrected chi connectivity index (χ4v) is 4.70. The predicted octanol–water partition coefficient (Wildman–Crippen LogP) is 0.0946. The fourth-order valence-electron chi connectivity index (χ4n) is 4.70. The van der Waals surface area contributed by atoms with Crippen molar-refractivity contribution >= 4 is 18.4 Å². The normalized spacial score (nSPS) is 23.7. The standard InChI is InChI=1S/C19H30N6O3.CH2O2/c20-18(27)24-5-1-2-15(11-24)17(26)25-8-9-28-19(13-25)3-6-23(7-4-19)12-16-10-21-14-22-16;2-1-3/h10,14-15H,1-9,11-13H2,(H2,20,27)(H,21,22);1H,(H,2,3). The Kier molecular flexibility index (Phi) is 7.85. The second kappa shape index (κ2) is 10.6. The van der Waals surface area contributed by atoms with Gasteiger partial charge in [0.05, 0.1) is 24.5 Å². The van der Waals surface area contributed by atoms with Crippen LogP contribution in [0.1, 0.15) is 31.4 Å². The number of aromatic nitrogens is 2. The maximum absolute atomic E-state index is 13.1. The molecule has 0 bridgehead atoms. The van der Waals surface area contributed by atoms with E-state index < -0.39 is 6.03 Å². The van der Waals surface area contributed by atoms with Gasteiger partial charge in [0.25, 0.3) is 6.47 Å². The van der Waals surface area contributed by atoms with Crippen LogP contribution in [0.25, 0.3) is 0 Å². The molecule has 3 fully saturated rings. The molecule has 0 aliphatic carbocycles. The maximum atomic E-state index is 13.1. The molecule has 11 nitrogen and oxygen atoms in total. The number of carbonyl (C=O) groups is 3. The zero-order valence-corrected chi connectivity index (χ0v) is 17.7. The Morgan fingerprint density at radius 3 is 2.68 bits per heavy atom. The first-order chi connectivity index (χ1) is 15.0. The van der Waals surface area contributed by atoms with Crippen molar-refractivity contribution < 1.29 is 24.2 Å². The van der Waals surface area contributed by atoms with Gasteiger partial charge in [0, 0.05) is 57.7 Å². The molecule has 1 spiro atoms. The molecule has 4 rings (SSSR count). The van der Waals surface area contributed by atoms with Crippen LogP contribution in [0.4, 0.5) is 4.79 Å². The monoisotopic (exact) mass is 436 g/mol. The maximum Gasteiger partial charge on any atom is 0.314 e. The molecule has 3 aliphatic heterocycles. The second-order valence-electron chi connectivity index (χ2n) is 8.37. The molecule has 11 heteroatoms. The van der Waals surface area contributed by atoms with Gasteiger partial charge in [0.2, 0.25) is 5.91 Å². The second-order valence-corrected chi connectivity index (χ2v) is 8.37. The number of nitrogens with two attached hydrogens (primary N) is 1. The lowest BCUT2D eigenvalue weighted by molar-refractivity contribution is -0.164. The van der Waals surface area contributed by atoms with Crippen molar-refractivity contribution in [1.82, 2.24) is 24.7 Å². The number of aromatic amines is 1. The van der Waals surface area contributed by atoms with Gasteiger partial charge in [0.15, 0.2) is 0 Å². The molecule has 0 aromatic carbocycles. The topological polar surface area (TPSA) is 145 Å². The summed E-state index contributed by atoms with van der Waals surface area (Å²) in [5.41, 5.74) is 6.29. The summed E-state index contributed by atoms with van der Waals surface area (Å²) in [7, 11) is 0. The Labute approximate surface area is 181 Å². The van der Waals surface area contributed by atoms with Gasteiger partial charge in [-0.3, -0.25) is 14.5 Å². The predicted molar refractivity (Wildman–Crippen MR) is 111 cm³/mol. The number of H-pyrrole nitrogens is 1. The van der Waals surface area contributed by atoms with Crippen LogP contribution in [-0.2, 0) is 20.9 Å². The summed E-state index contributed by atoms with van der Waals surface area (Å²) >= 11 is 0. The molecule has 1 aromatic rings. The SMILES string of the molecule is NC(=O)N1CCCC(C(=O)N2CCOC3(CCN(Cc4cnc[nH]4)CC3)C2)C1.O=CO. The first kappa shape index (κ1) is 23.0. The van der Waals surface area contributed by atoms with Crippen LogP contribution in [0, 0.1) is 5.92 Å². The largest absolute Gasteiger partial charge is 0.483 e. The van der Waals surface area contributed by atoms with E-state index in [1.807, 2.05) is 11.1 Å². The van der Waals surface area contributed by atoms with Gasteiger partial charge in [-0.25, -0.2) is 9.78 Å². The molecule has 0 saturated carbocycles. The Morgan fingerprint density at radius 1 is 1.29 bits per heavy atom. The Bertz CT molecular complexity index is 734. The highest BCUT2D eigenvalue weighted by atomic mass is 16.5. The number of hydrogen-bond acceptors (Lipinski definition) is 6. The van der Waals surface area contributed by atoms with Crippen LogP contribution >= 0.6 is 0 Å². The lowest BCUT2D eigenvalue weighted by atomic mass is 9.88. The number of piperidine rings is 2. The molecule has 31 heavy (non-hydrogen) atoms. The first-order valence-electron chi connectivity index (χ1n) is 10.7. The van der Waals surface area contributed by atoms with Crippen LogP contribution in [0.15, 0.2) is 12.5 Å². The number of morpholine rings is 1. The van der Waals surface area contributed by atoms with Crippen LogP contribution < -0.4 is 5.73 Å². The smallest absolute Gasteiger partial charge is 0.314 e. The molecule has 3 aliphatic rings. The molecule has 4 N–H and O–H groups in total. The van der Waals surface area contributed by atoms with E-state index in [-0.39, 0.29) is 23.9 Å². The number of imidazole rings is 1. The summed E-state index contributed by atoms with van der Waals surface area (Å²) in [6.07, 6.45) is 7.06. The lowest BCUT2D eigenvalue weighted by Crippen LogP contribution is -2.59. The number of likely N-dealkylation sites (tertiary alicyclic amines) is 2. The molecule has 1 atom stereocenters. The third-order valence-corrected chi connectivity index (χ3v) is 6.36. The number of urea groups is 1. The summed E-state index contributed by atoms with van der Waals surface area (Å²) in [6, 6.07) is -0.430. The molecule has 3 saturated heterocycles. The third kappa shape index (κ3) is 5.95. The van der Waals surface area contributed by atoms with Gasteiger partial charge in [-0.1, -0.05) is 0 Å². The lowest BCUT2D eigenvalue weighted by Gasteiger charge is -2.48. The minimum Gasteiger partial charge on any atom is -0.483 e. The molecule has 4 heterocycles. The third-order valence-electron chi connectivity index (χ3n) is 6.36. The van der Waals surface area contributed by atoms with E-state index >= 15 is 0 Å². The van der Waals surface area contributed by atoms with E-state index in [9.17, 15) is 9.59 Å². The van der Waals surface area contributed by atoms with Crippen molar-refractivity contribution in [2.45, 2.75) is 37.8 Å². The molecule has 1 aromatic heterocycles. The van der Waals surface area contributed by atoms with Gasteiger partial charge >= 0.3 is 6.03 Å². The van der Waals surface area contributed by atoms with Gasteiger partial charge in [-0.05, 0) is 25.7 Å². The Balaban J connectivity index is 0.000000858. The number of hydrogen-bond donors (Lipinski definition) is 3. The first-order valence-corrected chi connectivity index (χ1v) is 10.7. The zero-order chi connectivity index (χ0) is 22.3. The van der Waals surface area contributed by atoms with Crippen molar-refractivity contribution in [1.29, 1.82) is 0 Å². The van der Waals surface area contributed by atoms with Crippen LogP contribution in [0.5, 0.6) is 0 Å². The van der Waals surface area contributed by atoms with E-state index in [0.717, 1.165) is 51.0 Å². The number of carboxylic acid groups (broad SMARTS) is 1. The number of carbonyl (C=O) groups excluding carboxylic acids is 2. The van der Waals surface area contributed by atoms with Crippen molar-refractivity contribution in [3.63, 3.8) is 0 Å². The molecule has 3 amide bonds. The van der Waals surface area contributed by atoms with Gasteiger partial charge in [-0.2, -0.15) is 0 Å². The molecule has 172 valence electrons. The zero-order valence-electron chi connectivity index (χ0n) is 17.7. The van der Waals surface area contributed by atoms with Gasteiger partial charge < -0.3 is 30.4 Å². The van der Waals surface area contributed by atoms with E-state index in [1.54, 1.807) is 11.2 Å². The highest BCUT2D eigenvalue weighted by Gasteiger charge is 2.42. The minimum absolute atomic E-state index is 0.142. The highest BCUT2D eigenvalue weighted by molar-refractivity contribution is 5.80. The summed E-state index contributed by atoms with van der Waals surface area (Å²) in [5.74, 6) is 0.00498. The summed E-state index contributed by atoms with van der Waals surface area (Å²) < 4.78 is 6.19. The number of nitrogens with zero attached hydrogens (tertiary/aromatic N) is 4. The highest BCUT2D eigenvalue weighted by Crippen LogP contribution is 2.32.